The molecule has 0 aliphatic heterocycles. The second kappa shape index (κ2) is 4.03. The van der Waals surface area contributed by atoms with Crippen molar-refractivity contribution in [2.75, 3.05) is 0 Å². The van der Waals surface area contributed by atoms with Crippen molar-refractivity contribution in [1.29, 1.82) is 0 Å². The zero-order valence-corrected chi connectivity index (χ0v) is 12.7. The summed E-state index contributed by atoms with van der Waals surface area (Å²) in [4.78, 5) is 8.25. The summed E-state index contributed by atoms with van der Waals surface area (Å²) in [6.45, 7) is 5.97. The number of nitrogens with zero attached hydrogens (tertiary/aromatic N) is 2. The van der Waals surface area contributed by atoms with E-state index in [1.807, 2.05) is 12.4 Å². The van der Waals surface area contributed by atoms with Gasteiger partial charge in [0.05, 0.1) is 0 Å². The molecule has 1 aromatic heterocycles. The van der Waals surface area contributed by atoms with Crippen molar-refractivity contribution < 1.29 is 0 Å². The average Bonchev–Trinajstić information content (AvgIpc) is 2.33. The van der Waals surface area contributed by atoms with Crippen LogP contribution >= 0.6 is 0 Å². The summed E-state index contributed by atoms with van der Waals surface area (Å²) in [6, 6.07) is 0. The van der Waals surface area contributed by atoms with Crippen LogP contribution in [0.25, 0.3) is 0 Å². The molecule has 1 N–H and O–H groups in total. The predicted octanol–water partition coefficient (Wildman–Crippen LogP) is 3.32. The highest BCUT2D eigenvalue weighted by atomic mass is 15.0. The minimum atomic E-state index is 0.374. The summed E-state index contributed by atoms with van der Waals surface area (Å²) < 4.78 is 0. The lowest BCUT2D eigenvalue weighted by atomic mass is 9.43. The molecular weight excluding hydrogens is 246 g/mol. The molecular formula is C17H25N3. The van der Waals surface area contributed by atoms with Crippen LogP contribution in [0.5, 0.6) is 0 Å². The molecule has 4 fully saturated rings. The van der Waals surface area contributed by atoms with Crippen LogP contribution in [0, 0.1) is 16.7 Å². The highest BCUT2D eigenvalue weighted by Gasteiger charge is 2.59. The van der Waals surface area contributed by atoms with Crippen LogP contribution in [0.4, 0.5) is 0 Å². The van der Waals surface area contributed by atoms with E-state index in [0.717, 1.165) is 12.5 Å². The summed E-state index contributed by atoms with van der Waals surface area (Å²) in [7, 11) is 0. The van der Waals surface area contributed by atoms with Crippen molar-refractivity contribution in [3.8, 4) is 0 Å². The zero-order chi connectivity index (χ0) is 13.8. The third kappa shape index (κ3) is 2.07. The van der Waals surface area contributed by atoms with Gasteiger partial charge in [0.2, 0.25) is 0 Å². The number of aromatic nitrogens is 2. The van der Waals surface area contributed by atoms with Crippen molar-refractivity contribution in [2.45, 2.75) is 64.5 Å². The maximum atomic E-state index is 4.13. The van der Waals surface area contributed by atoms with Crippen LogP contribution in [0.2, 0.25) is 0 Å². The SMILES string of the molecule is CC12CC3CC(C)(C1)CC(NCc1cncnc1)(C3)C2. The fourth-order valence-electron chi connectivity index (χ4n) is 6.36. The van der Waals surface area contributed by atoms with Crippen LogP contribution in [-0.2, 0) is 6.54 Å². The van der Waals surface area contributed by atoms with Crippen molar-refractivity contribution >= 4 is 0 Å². The Balaban J connectivity index is 1.55. The molecule has 4 aliphatic carbocycles. The van der Waals surface area contributed by atoms with Gasteiger partial charge in [0.1, 0.15) is 6.33 Å². The van der Waals surface area contributed by atoms with E-state index in [2.05, 4.69) is 29.1 Å². The van der Waals surface area contributed by atoms with Crippen molar-refractivity contribution in [2.24, 2.45) is 16.7 Å². The maximum absolute atomic E-state index is 4.13. The molecule has 0 spiro atoms. The lowest BCUT2D eigenvalue weighted by molar-refractivity contribution is -0.118. The lowest BCUT2D eigenvalue weighted by Gasteiger charge is -2.65. The Morgan fingerprint density at radius 1 is 1.05 bits per heavy atom. The first-order chi connectivity index (χ1) is 9.49. The second-order valence-corrected chi connectivity index (χ2v) is 8.51. The fourth-order valence-corrected chi connectivity index (χ4v) is 6.36. The highest BCUT2D eigenvalue weighted by molar-refractivity contribution is 5.15. The topological polar surface area (TPSA) is 37.8 Å². The van der Waals surface area contributed by atoms with E-state index >= 15 is 0 Å². The fraction of sp³-hybridized carbons (Fsp3) is 0.765. The molecule has 108 valence electrons. The van der Waals surface area contributed by atoms with Crippen molar-refractivity contribution in [1.82, 2.24) is 15.3 Å². The van der Waals surface area contributed by atoms with E-state index < -0.39 is 0 Å². The van der Waals surface area contributed by atoms with Gasteiger partial charge >= 0.3 is 0 Å². The predicted molar refractivity (Wildman–Crippen MR) is 79.0 cm³/mol. The largest absolute Gasteiger partial charge is 0.307 e. The number of rotatable bonds is 3. The molecule has 4 saturated carbocycles. The van der Waals surface area contributed by atoms with Gasteiger partial charge in [-0.15, -0.1) is 0 Å². The Bertz CT molecular complexity index is 494. The van der Waals surface area contributed by atoms with Gasteiger partial charge in [-0.3, -0.25) is 0 Å². The summed E-state index contributed by atoms with van der Waals surface area (Å²) in [5.74, 6) is 0.945. The first kappa shape index (κ1) is 12.8. The van der Waals surface area contributed by atoms with Crippen LogP contribution < -0.4 is 5.32 Å². The van der Waals surface area contributed by atoms with E-state index in [9.17, 15) is 0 Å². The molecule has 20 heavy (non-hydrogen) atoms. The summed E-state index contributed by atoms with van der Waals surface area (Å²) in [5, 5.41) is 3.91. The average molecular weight is 271 g/mol. The van der Waals surface area contributed by atoms with E-state index in [1.165, 1.54) is 44.1 Å². The monoisotopic (exact) mass is 271 g/mol. The molecule has 0 amide bonds. The third-order valence-electron chi connectivity index (χ3n) is 5.91. The first-order valence-electron chi connectivity index (χ1n) is 7.97. The maximum Gasteiger partial charge on any atom is 0.115 e. The lowest BCUT2D eigenvalue weighted by Crippen LogP contribution is -2.63. The molecule has 2 atom stereocenters. The Morgan fingerprint density at radius 2 is 1.70 bits per heavy atom. The van der Waals surface area contributed by atoms with Gasteiger partial charge in [-0.1, -0.05) is 13.8 Å². The van der Waals surface area contributed by atoms with Gasteiger partial charge in [-0.25, -0.2) is 9.97 Å². The van der Waals surface area contributed by atoms with Crippen molar-refractivity contribution in [3.63, 3.8) is 0 Å². The number of hydrogen-bond donors (Lipinski definition) is 1. The van der Waals surface area contributed by atoms with E-state index in [0.29, 0.717) is 16.4 Å². The van der Waals surface area contributed by atoms with Crippen LogP contribution in [-0.4, -0.2) is 15.5 Å². The van der Waals surface area contributed by atoms with E-state index in [4.69, 9.17) is 0 Å². The molecule has 3 nitrogen and oxygen atoms in total. The molecule has 3 heteroatoms. The quantitative estimate of drug-likeness (QED) is 0.916. The van der Waals surface area contributed by atoms with E-state index in [-0.39, 0.29) is 0 Å². The standard InChI is InChI=1S/C17H25N3/c1-15-3-13-4-16(2,9-15)11-17(5-13,10-15)20-8-14-6-18-12-19-7-14/h6-7,12-13,20H,3-5,8-11H2,1-2H3. The summed E-state index contributed by atoms with van der Waals surface area (Å²) >= 11 is 0. The minimum Gasteiger partial charge on any atom is -0.307 e. The highest BCUT2D eigenvalue weighted by Crippen LogP contribution is 2.66. The summed E-state index contributed by atoms with van der Waals surface area (Å²) in [5.41, 5.74) is 2.74. The number of nitrogens with one attached hydrogen (secondary N) is 1. The Hall–Kier alpha value is -0.960. The van der Waals surface area contributed by atoms with Gasteiger partial charge in [0.25, 0.3) is 0 Å². The van der Waals surface area contributed by atoms with Crippen LogP contribution in [0.1, 0.15) is 57.9 Å². The number of hydrogen-bond acceptors (Lipinski definition) is 3. The molecule has 0 aromatic carbocycles. The molecule has 4 bridgehead atoms. The normalized spacial score (nSPS) is 45.8. The van der Waals surface area contributed by atoms with Crippen LogP contribution in [0.15, 0.2) is 18.7 Å². The van der Waals surface area contributed by atoms with Gasteiger partial charge < -0.3 is 5.32 Å². The zero-order valence-electron chi connectivity index (χ0n) is 12.7. The first-order valence-corrected chi connectivity index (χ1v) is 7.97. The molecule has 5 rings (SSSR count). The van der Waals surface area contributed by atoms with Gasteiger partial charge in [0.15, 0.2) is 0 Å². The second-order valence-electron chi connectivity index (χ2n) is 8.51. The molecule has 4 aliphatic rings. The Kier molecular flexibility index (Phi) is 2.57. The molecule has 0 saturated heterocycles. The van der Waals surface area contributed by atoms with Crippen LogP contribution in [0.3, 0.4) is 0 Å². The smallest absolute Gasteiger partial charge is 0.115 e. The van der Waals surface area contributed by atoms with Crippen molar-refractivity contribution in [3.05, 3.63) is 24.3 Å². The molecule has 0 radical (unpaired) electrons. The van der Waals surface area contributed by atoms with Gasteiger partial charge in [0, 0.05) is 30.0 Å². The minimum absolute atomic E-state index is 0.374. The molecule has 1 heterocycles. The van der Waals surface area contributed by atoms with E-state index in [1.54, 1.807) is 6.33 Å². The summed E-state index contributed by atoms with van der Waals surface area (Å²) in [6.07, 6.45) is 13.9. The van der Waals surface area contributed by atoms with Gasteiger partial charge in [-0.2, -0.15) is 0 Å². The van der Waals surface area contributed by atoms with Gasteiger partial charge in [-0.05, 0) is 55.3 Å². The third-order valence-corrected chi connectivity index (χ3v) is 5.91. The Labute approximate surface area is 121 Å². The Morgan fingerprint density at radius 3 is 2.30 bits per heavy atom. The molecule has 2 unspecified atom stereocenters. The molecule has 1 aromatic rings.